The van der Waals surface area contributed by atoms with Crippen LogP contribution in [0.25, 0.3) is 33.6 Å². The Labute approximate surface area is 329 Å². The zero-order chi connectivity index (χ0) is 40.5. The Kier molecular flexibility index (Phi) is 11.4. The van der Waals surface area contributed by atoms with Gasteiger partial charge in [0.05, 0.1) is 24.7 Å². The van der Waals surface area contributed by atoms with Gasteiger partial charge >= 0.3 is 0 Å². The third kappa shape index (κ3) is 9.99. The van der Waals surface area contributed by atoms with E-state index < -0.39 is 0 Å². The standard InChI is InChI=1S/C23H29FN6.C20H27N3O3/c1-22(2)11-17(12-23(3,4)29-22)30(5)21-9-8-20(27-28-21)18-7-6-15(10-19(18)24)16-13-25-26-14-16;1-19(2)11-14(12-20(3,4)23-19)26-18-9-8-16(21-22-18)15-7-6-13(24)10-17(15)25-5/h6-10,13-14,17,29H,11-12H2,1-5H3,(H,25,26);6-10,14,23-24H,11-12H2,1-5H3. The summed E-state index contributed by atoms with van der Waals surface area (Å²) in [7, 11) is 3.62. The molecule has 2 fully saturated rings. The third-order valence-electron chi connectivity index (χ3n) is 10.3. The highest BCUT2D eigenvalue weighted by atomic mass is 19.1. The van der Waals surface area contributed by atoms with Crippen LogP contribution in [0, 0.1) is 5.82 Å². The van der Waals surface area contributed by atoms with E-state index in [0.29, 0.717) is 34.6 Å². The molecule has 13 heteroatoms. The molecule has 3 aromatic heterocycles. The predicted octanol–water partition coefficient (Wildman–Crippen LogP) is 7.96. The van der Waals surface area contributed by atoms with E-state index in [1.165, 1.54) is 6.07 Å². The Hall–Kier alpha value is -5.14. The molecule has 2 aromatic carbocycles. The van der Waals surface area contributed by atoms with Crippen LogP contribution in [0.5, 0.6) is 17.4 Å². The molecule has 7 rings (SSSR count). The van der Waals surface area contributed by atoms with Gasteiger partial charge in [0.15, 0.2) is 5.82 Å². The molecule has 298 valence electrons. The lowest BCUT2D eigenvalue weighted by Gasteiger charge is -2.49. The van der Waals surface area contributed by atoms with Crippen molar-refractivity contribution in [1.29, 1.82) is 0 Å². The summed E-state index contributed by atoms with van der Waals surface area (Å²) in [5, 5.41) is 40.8. The number of benzene rings is 2. The normalized spacial score (nSPS) is 18.7. The molecule has 0 aliphatic carbocycles. The summed E-state index contributed by atoms with van der Waals surface area (Å²) in [6.07, 6.45) is 7.34. The van der Waals surface area contributed by atoms with Crippen molar-refractivity contribution in [1.82, 2.24) is 41.2 Å². The maximum Gasteiger partial charge on any atom is 0.233 e. The van der Waals surface area contributed by atoms with Crippen molar-refractivity contribution in [3.8, 4) is 51.0 Å². The summed E-state index contributed by atoms with van der Waals surface area (Å²) in [5.41, 5.74) is 4.14. The molecule has 0 unspecified atom stereocenters. The van der Waals surface area contributed by atoms with E-state index in [-0.39, 0.29) is 39.8 Å². The number of aromatic nitrogens is 6. The average molecular weight is 766 g/mol. The molecule has 0 radical (unpaired) electrons. The molecule has 56 heavy (non-hydrogen) atoms. The van der Waals surface area contributed by atoms with Gasteiger partial charge in [0.25, 0.3) is 0 Å². The number of H-pyrrole nitrogens is 1. The van der Waals surface area contributed by atoms with Gasteiger partial charge in [0.1, 0.15) is 23.4 Å². The molecule has 4 N–H and O–H groups in total. The summed E-state index contributed by atoms with van der Waals surface area (Å²) in [6, 6.07) is 17.8. The Morgan fingerprint density at radius 2 is 1.32 bits per heavy atom. The fraction of sp³-hybridized carbons (Fsp3) is 0.465. The molecule has 12 nitrogen and oxygen atoms in total. The van der Waals surface area contributed by atoms with Crippen LogP contribution in [-0.2, 0) is 0 Å². The van der Waals surface area contributed by atoms with Gasteiger partial charge < -0.3 is 30.1 Å². The minimum atomic E-state index is -0.328. The lowest BCUT2D eigenvalue weighted by Crippen LogP contribution is -2.62. The molecule has 2 saturated heterocycles. The largest absolute Gasteiger partial charge is 0.508 e. The number of phenolic OH excluding ortho intramolecular Hbond substituents is 1. The fourth-order valence-corrected chi connectivity index (χ4v) is 8.60. The van der Waals surface area contributed by atoms with Gasteiger partial charge in [0.2, 0.25) is 5.88 Å². The number of methoxy groups -OCH3 is 1. The minimum absolute atomic E-state index is 0.0131. The molecule has 0 saturated carbocycles. The first-order valence-electron chi connectivity index (χ1n) is 19.1. The molecule has 5 aromatic rings. The number of nitrogens with zero attached hydrogens (tertiary/aromatic N) is 6. The maximum atomic E-state index is 14.7. The molecule has 2 aliphatic rings. The molecular formula is C43H56FN9O3. The van der Waals surface area contributed by atoms with Gasteiger partial charge in [-0.15, -0.1) is 20.4 Å². The van der Waals surface area contributed by atoms with Crippen molar-refractivity contribution >= 4 is 5.82 Å². The Morgan fingerprint density at radius 3 is 1.88 bits per heavy atom. The quantitative estimate of drug-likeness (QED) is 0.122. The van der Waals surface area contributed by atoms with Crippen molar-refractivity contribution < 1.29 is 19.0 Å². The van der Waals surface area contributed by atoms with Crippen LogP contribution in [0.1, 0.15) is 81.1 Å². The summed E-state index contributed by atoms with van der Waals surface area (Å²) < 4.78 is 26.2. The molecule has 0 spiro atoms. The van der Waals surface area contributed by atoms with Crippen LogP contribution in [0.4, 0.5) is 10.2 Å². The van der Waals surface area contributed by atoms with E-state index in [1.807, 2.05) is 30.3 Å². The van der Waals surface area contributed by atoms with Crippen molar-refractivity contribution in [2.24, 2.45) is 0 Å². The van der Waals surface area contributed by atoms with Gasteiger partial charge in [-0.05, 0) is 116 Å². The van der Waals surface area contributed by atoms with Crippen molar-refractivity contribution in [2.45, 2.75) is 115 Å². The number of nitrogens with one attached hydrogen (secondary N) is 3. The van der Waals surface area contributed by atoms with E-state index in [4.69, 9.17) is 9.47 Å². The number of hydrogen-bond acceptors (Lipinski definition) is 11. The minimum Gasteiger partial charge on any atom is -0.508 e. The van der Waals surface area contributed by atoms with Gasteiger partial charge in [0, 0.05) is 83.1 Å². The molecule has 0 atom stereocenters. The zero-order valence-corrected chi connectivity index (χ0v) is 34.2. The number of aromatic hydroxyl groups is 1. The number of halogens is 1. The zero-order valence-electron chi connectivity index (χ0n) is 34.2. The van der Waals surface area contributed by atoms with E-state index in [9.17, 15) is 9.50 Å². The van der Waals surface area contributed by atoms with Crippen LogP contribution in [0.2, 0.25) is 0 Å². The number of piperidine rings is 2. The van der Waals surface area contributed by atoms with Crippen LogP contribution >= 0.6 is 0 Å². The first kappa shape index (κ1) is 40.5. The highest BCUT2D eigenvalue weighted by Crippen LogP contribution is 2.35. The Bertz CT molecular complexity index is 2050. The van der Waals surface area contributed by atoms with Gasteiger partial charge in [-0.3, -0.25) is 5.10 Å². The number of anilines is 1. The van der Waals surface area contributed by atoms with Crippen molar-refractivity contribution in [3.63, 3.8) is 0 Å². The molecule has 5 heterocycles. The van der Waals surface area contributed by atoms with E-state index >= 15 is 0 Å². The van der Waals surface area contributed by atoms with Gasteiger partial charge in [-0.25, -0.2) is 4.39 Å². The van der Waals surface area contributed by atoms with Crippen LogP contribution in [-0.4, -0.2) is 84.2 Å². The average Bonchev–Trinajstić information content (AvgIpc) is 3.65. The Morgan fingerprint density at radius 1 is 0.714 bits per heavy atom. The van der Waals surface area contributed by atoms with Crippen LogP contribution in [0.15, 0.2) is 73.1 Å². The predicted molar refractivity (Wildman–Crippen MR) is 218 cm³/mol. The summed E-state index contributed by atoms with van der Waals surface area (Å²) in [4.78, 5) is 2.19. The number of aromatic amines is 1. The molecule has 2 aliphatic heterocycles. The number of ether oxygens (including phenoxy) is 2. The molecule has 0 bridgehead atoms. The molecule has 0 amide bonds. The second kappa shape index (κ2) is 15.8. The van der Waals surface area contributed by atoms with Crippen molar-refractivity contribution in [2.75, 3.05) is 19.1 Å². The number of rotatable bonds is 8. The molecular weight excluding hydrogens is 710 g/mol. The first-order chi connectivity index (χ1) is 26.3. The summed E-state index contributed by atoms with van der Waals surface area (Å²) >= 11 is 0. The van der Waals surface area contributed by atoms with Gasteiger partial charge in [-0.2, -0.15) is 5.10 Å². The van der Waals surface area contributed by atoms with Crippen molar-refractivity contribution in [3.05, 3.63) is 78.9 Å². The second-order valence-electron chi connectivity index (χ2n) is 17.7. The van der Waals surface area contributed by atoms with Crippen LogP contribution < -0.4 is 25.0 Å². The summed E-state index contributed by atoms with van der Waals surface area (Å²) in [6.45, 7) is 17.7. The topological polar surface area (TPSA) is 146 Å². The fourth-order valence-electron chi connectivity index (χ4n) is 8.60. The second-order valence-corrected chi connectivity index (χ2v) is 17.7. The number of hydrogen-bond donors (Lipinski definition) is 4. The first-order valence-corrected chi connectivity index (χ1v) is 19.1. The highest BCUT2D eigenvalue weighted by Gasteiger charge is 2.40. The maximum absolute atomic E-state index is 14.7. The summed E-state index contributed by atoms with van der Waals surface area (Å²) in [5.74, 6) is 1.69. The van der Waals surface area contributed by atoms with E-state index in [1.54, 1.807) is 43.8 Å². The Balaban J connectivity index is 0.000000192. The highest BCUT2D eigenvalue weighted by molar-refractivity contribution is 5.69. The van der Waals surface area contributed by atoms with Gasteiger partial charge in [-0.1, -0.05) is 6.07 Å². The smallest absolute Gasteiger partial charge is 0.233 e. The third-order valence-corrected chi connectivity index (χ3v) is 10.3. The van der Waals surface area contributed by atoms with E-state index in [0.717, 1.165) is 48.2 Å². The lowest BCUT2D eigenvalue weighted by atomic mass is 9.79. The monoisotopic (exact) mass is 765 g/mol. The number of phenols is 1. The van der Waals surface area contributed by atoms with Crippen LogP contribution in [0.3, 0.4) is 0 Å². The van der Waals surface area contributed by atoms with E-state index in [2.05, 4.69) is 109 Å². The lowest BCUT2D eigenvalue weighted by molar-refractivity contribution is 0.0524. The SMILES string of the molecule is CN(c1ccc(-c2ccc(-c3cn[nH]c3)cc2F)nn1)C1CC(C)(C)NC(C)(C)C1.COc1cc(O)ccc1-c1ccc(OC2CC(C)(C)NC(C)(C)C2)nn1.